The summed E-state index contributed by atoms with van der Waals surface area (Å²) in [5.41, 5.74) is 0. The number of rotatable bonds is 8. The van der Waals surface area contributed by atoms with E-state index < -0.39 is 13.8 Å². The molecule has 0 aliphatic rings. The van der Waals surface area contributed by atoms with Crippen LogP contribution >= 0.6 is 7.60 Å². The van der Waals surface area contributed by atoms with Crippen molar-refractivity contribution in [2.75, 3.05) is 32.5 Å². The molecule has 0 aliphatic heterocycles. The van der Waals surface area contributed by atoms with Gasteiger partial charge in [0.05, 0.1) is 16.0 Å². The van der Waals surface area contributed by atoms with Crippen molar-refractivity contribution < 1.29 is 16.4 Å². The highest BCUT2D eigenvalue weighted by molar-refractivity contribution is 7.53. The minimum absolute atomic E-state index is 0.165. The van der Waals surface area contributed by atoms with Gasteiger partial charge in [-0.2, -0.15) is 0 Å². The van der Waals surface area contributed by atoms with Crippen LogP contribution in [0.5, 0.6) is 0 Å². The normalized spacial score (nSPS) is 15.5. The summed E-state index contributed by atoms with van der Waals surface area (Å²) in [4.78, 5) is 1.44. The Bertz CT molecular complexity index is 237. The highest BCUT2D eigenvalue weighted by atomic mass is 31.2. The molecule has 86 valence electrons. The van der Waals surface area contributed by atoms with Crippen LogP contribution in [0.15, 0.2) is 0 Å². The molecule has 0 atom stereocenters. The van der Waals surface area contributed by atoms with Gasteiger partial charge in [0.2, 0.25) is 0 Å². The maximum atomic E-state index is 12.3. The molecule has 5 heteroatoms. The van der Waals surface area contributed by atoms with Crippen LogP contribution in [-0.2, 0) is 13.6 Å². The lowest BCUT2D eigenvalue weighted by molar-refractivity contribution is 0.199. The van der Waals surface area contributed by atoms with Crippen molar-refractivity contribution in [2.45, 2.75) is 27.7 Å². The highest BCUT2D eigenvalue weighted by Crippen LogP contribution is 2.48. The van der Waals surface area contributed by atoms with Crippen molar-refractivity contribution >= 4 is 7.60 Å². The Labute approximate surface area is 89.9 Å². The molecule has 0 unspecified atom stereocenters. The Morgan fingerprint density at radius 3 is 1.86 bits per heavy atom. The molecule has 0 N–H and O–H groups in total. The van der Waals surface area contributed by atoms with E-state index in [1.165, 1.54) is 4.90 Å². The Morgan fingerprint density at radius 1 is 1.14 bits per heavy atom. The average Bonchev–Trinajstić information content (AvgIpc) is 2.19. The third-order valence-electron chi connectivity index (χ3n) is 1.63. The van der Waals surface area contributed by atoms with Crippen molar-refractivity contribution in [3.05, 3.63) is 0 Å². The Hall–Kier alpha value is 0.110. The van der Waals surface area contributed by atoms with Crippen molar-refractivity contribution in [2.24, 2.45) is 0 Å². The fraction of sp³-hybridized carbons (Fsp3) is 1.00. The summed E-state index contributed by atoms with van der Waals surface area (Å²) in [7, 11) is -3.75. The first kappa shape index (κ1) is 10.6. The lowest BCUT2D eigenvalue weighted by Crippen LogP contribution is -2.25. The molecule has 0 aliphatic carbocycles. The zero-order valence-corrected chi connectivity index (χ0v) is 10.3. The van der Waals surface area contributed by atoms with E-state index in [2.05, 4.69) is 0 Å². The molecule has 14 heavy (non-hydrogen) atoms. The highest BCUT2D eigenvalue weighted by Gasteiger charge is 2.25. The third-order valence-corrected chi connectivity index (χ3v) is 3.35. The second-order valence-electron chi connectivity index (χ2n) is 2.61. The molecule has 0 rings (SSSR count). The molecule has 0 heterocycles. The van der Waals surface area contributed by atoms with Crippen LogP contribution in [0.2, 0.25) is 0 Å². The van der Waals surface area contributed by atoms with Crippen LogP contribution in [0.1, 0.15) is 30.4 Å². The van der Waals surface area contributed by atoms with Crippen molar-refractivity contribution in [3.63, 3.8) is 0 Å². The summed E-state index contributed by atoms with van der Waals surface area (Å²) in [6, 6.07) is 0. The monoisotopic (exact) mass is 225 g/mol. The van der Waals surface area contributed by atoms with Gasteiger partial charge in [0.15, 0.2) is 0 Å². The molecule has 0 aromatic rings. The SMILES string of the molecule is [2H]C([2H])(N(CC)CC)P(=O)(OCC)OCC. The van der Waals surface area contributed by atoms with Gasteiger partial charge in [-0.15, -0.1) is 0 Å². The average molecular weight is 225 g/mol. The van der Waals surface area contributed by atoms with Gasteiger partial charge < -0.3 is 9.05 Å². The second-order valence-corrected chi connectivity index (χ2v) is 4.32. The molecule has 0 spiro atoms. The molecule has 4 nitrogen and oxygen atoms in total. The van der Waals surface area contributed by atoms with Crippen LogP contribution in [0.4, 0.5) is 0 Å². The first-order valence-corrected chi connectivity index (χ1v) is 6.58. The van der Waals surface area contributed by atoms with E-state index in [4.69, 9.17) is 11.8 Å². The number of nitrogens with zero attached hydrogens (tertiary/aromatic N) is 1. The molecule has 0 saturated heterocycles. The lowest BCUT2D eigenvalue weighted by Gasteiger charge is -2.24. The molecular formula is C9H22NO3P. The van der Waals surface area contributed by atoms with E-state index in [-0.39, 0.29) is 13.2 Å². The molecule has 0 aromatic carbocycles. The molecule has 0 aromatic heterocycles. The molecule has 0 fully saturated rings. The fourth-order valence-electron chi connectivity index (χ4n) is 0.973. The maximum Gasteiger partial charge on any atom is 0.344 e. The summed E-state index contributed by atoms with van der Waals surface area (Å²) >= 11 is 0. The fourth-order valence-corrected chi connectivity index (χ4v) is 2.47. The minimum Gasteiger partial charge on any atom is -0.308 e. The van der Waals surface area contributed by atoms with E-state index in [9.17, 15) is 4.57 Å². The Morgan fingerprint density at radius 2 is 1.57 bits per heavy atom. The molecule has 0 saturated carbocycles. The summed E-state index contributed by atoms with van der Waals surface area (Å²) in [5.74, 6) is 0. The van der Waals surface area contributed by atoms with Gasteiger partial charge in [0.1, 0.15) is 6.24 Å². The Kier molecular flexibility index (Phi) is 5.62. The van der Waals surface area contributed by atoms with Gasteiger partial charge >= 0.3 is 7.60 Å². The van der Waals surface area contributed by atoms with Gasteiger partial charge in [0, 0.05) is 0 Å². The van der Waals surface area contributed by atoms with Gasteiger partial charge in [-0.1, -0.05) is 13.8 Å². The van der Waals surface area contributed by atoms with E-state index in [0.717, 1.165) is 0 Å². The molecular weight excluding hydrogens is 201 g/mol. The number of hydrogen-bond donors (Lipinski definition) is 0. The maximum absolute atomic E-state index is 12.3. The first-order chi connectivity index (χ1) is 7.39. The van der Waals surface area contributed by atoms with Gasteiger partial charge in [-0.3, -0.25) is 9.46 Å². The van der Waals surface area contributed by atoms with E-state index in [1.807, 2.05) is 13.8 Å². The topological polar surface area (TPSA) is 38.8 Å². The molecule has 0 radical (unpaired) electrons. The predicted molar refractivity (Wildman–Crippen MR) is 58.6 cm³/mol. The van der Waals surface area contributed by atoms with Crippen molar-refractivity contribution in [3.8, 4) is 0 Å². The lowest BCUT2D eigenvalue weighted by atomic mass is 10.6. The van der Waals surface area contributed by atoms with Gasteiger partial charge in [-0.05, 0) is 26.9 Å². The minimum atomic E-state index is -3.75. The summed E-state index contributed by atoms with van der Waals surface area (Å²) in [5, 5.41) is 0. The van der Waals surface area contributed by atoms with Crippen molar-refractivity contribution in [1.82, 2.24) is 4.90 Å². The molecule has 0 amide bonds. The van der Waals surface area contributed by atoms with Crippen LogP contribution in [0.25, 0.3) is 0 Å². The standard InChI is InChI=1S/C9H22NO3P/c1-5-10(6-2)9-14(11,12-7-3)13-8-4/h5-9H2,1-4H3/i9D2. The zero-order chi connectivity index (χ0) is 12.8. The van der Waals surface area contributed by atoms with Crippen LogP contribution in [0.3, 0.4) is 0 Å². The second kappa shape index (κ2) is 7.41. The summed E-state index contributed by atoms with van der Waals surface area (Å²) < 4.78 is 38.3. The predicted octanol–water partition coefficient (Wildman–Crippen LogP) is 2.55. The summed E-state index contributed by atoms with van der Waals surface area (Å²) in [6.07, 6.45) is -2.08. The Balaban J connectivity index is 5.08. The smallest absolute Gasteiger partial charge is 0.308 e. The largest absolute Gasteiger partial charge is 0.344 e. The number of hydrogen-bond acceptors (Lipinski definition) is 4. The van der Waals surface area contributed by atoms with Gasteiger partial charge in [-0.25, -0.2) is 0 Å². The van der Waals surface area contributed by atoms with E-state index >= 15 is 0 Å². The van der Waals surface area contributed by atoms with Gasteiger partial charge in [0.25, 0.3) is 0 Å². The van der Waals surface area contributed by atoms with E-state index in [1.54, 1.807) is 13.8 Å². The first-order valence-electron chi connectivity index (χ1n) is 6.03. The quantitative estimate of drug-likeness (QED) is 0.595. The third kappa shape index (κ3) is 5.11. The van der Waals surface area contributed by atoms with Crippen LogP contribution < -0.4 is 0 Å². The van der Waals surface area contributed by atoms with E-state index in [0.29, 0.717) is 13.1 Å². The van der Waals surface area contributed by atoms with Crippen LogP contribution in [0, 0.1) is 0 Å². The van der Waals surface area contributed by atoms with Crippen LogP contribution in [-0.4, -0.2) is 37.4 Å². The van der Waals surface area contributed by atoms with Crippen molar-refractivity contribution in [1.29, 1.82) is 0 Å². The summed E-state index contributed by atoms with van der Waals surface area (Å²) in [6.45, 7) is 8.19. The molecule has 0 bridgehead atoms. The zero-order valence-electron chi connectivity index (χ0n) is 11.4.